The first-order valence-corrected chi connectivity index (χ1v) is 11.8. The zero-order chi connectivity index (χ0) is 23.2. The first kappa shape index (κ1) is 23.0. The molecule has 4 rings (SSSR count). The molecule has 3 aromatic carbocycles. The van der Waals surface area contributed by atoms with Crippen LogP contribution in [0.1, 0.15) is 72.5 Å². The van der Waals surface area contributed by atoms with Crippen molar-refractivity contribution >= 4 is 22.6 Å². The van der Waals surface area contributed by atoms with Crippen molar-refractivity contribution in [1.82, 2.24) is 10.6 Å². The molecule has 0 heterocycles. The molecule has 0 aliphatic heterocycles. The number of carboxylic acids is 1. The smallest absolute Gasteiger partial charge is 0.305 e. The maximum atomic E-state index is 12.2. The number of hydrogen-bond donors (Lipinski definition) is 3. The molecule has 2 unspecified atom stereocenters. The van der Waals surface area contributed by atoms with Crippen LogP contribution < -0.4 is 10.6 Å². The van der Waals surface area contributed by atoms with Gasteiger partial charge in [-0.3, -0.25) is 9.59 Å². The zero-order valence-electron chi connectivity index (χ0n) is 19.1. The molecule has 1 amide bonds. The predicted octanol–water partition coefficient (Wildman–Crippen LogP) is 5.42. The van der Waals surface area contributed by atoms with Gasteiger partial charge in [-0.2, -0.15) is 0 Å². The van der Waals surface area contributed by atoms with Gasteiger partial charge in [0.2, 0.25) is 0 Å². The third-order valence-electron chi connectivity index (χ3n) is 6.72. The van der Waals surface area contributed by atoms with Crippen LogP contribution in [0.15, 0.2) is 66.7 Å². The van der Waals surface area contributed by atoms with Gasteiger partial charge >= 0.3 is 5.97 Å². The minimum absolute atomic E-state index is 0.0719. The average molecular weight is 445 g/mol. The lowest BCUT2D eigenvalue weighted by atomic mass is 9.80. The normalized spacial score (nSPS) is 19.2. The Balaban J connectivity index is 1.37. The molecule has 3 aromatic rings. The van der Waals surface area contributed by atoms with Crippen LogP contribution in [0.4, 0.5) is 0 Å². The quantitative estimate of drug-likeness (QED) is 0.433. The van der Waals surface area contributed by atoms with Crippen LogP contribution in [-0.2, 0) is 4.79 Å². The highest BCUT2D eigenvalue weighted by Gasteiger charge is 2.25. The van der Waals surface area contributed by atoms with E-state index < -0.39 is 5.97 Å². The molecule has 1 aliphatic rings. The first-order chi connectivity index (χ1) is 16.0. The number of rotatable bonds is 8. The maximum Gasteiger partial charge on any atom is 0.305 e. The number of fused-ring (bicyclic) bond motifs is 1. The average Bonchev–Trinajstić information content (AvgIpc) is 2.83. The van der Waals surface area contributed by atoms with Crippen molar-refractivity contribution < 1.29 is 14.7 Å². The number of benzene rings is 3. The molecule has 1 saturated carbocycles. The number of carbonyl (C=O) groups is 2. The molecule has 0 radical (unpaired) electrons. The van der Waals surface area contributed by atoms with Gasteiger partial charge in [-0.25, -0.2) is 0 Å². The van der Waals surface area contributed by atoms with Crippen LogP contribution >= 0.6 is 0 Å². The number of amides is 1. The predicted molar refractivity (Wildman–Crippen MR) is 132 cm³/mol. The van der Waals surface area contributed by atoms with E-state index in [4.69, 9.17) is 5.11 Å². The molecule has 1 fully saturated rings. The third-order valence-corrected chi connectivity index (χ3v) is 6.72. The third kappa shape index (κ3) is 5.79. The van der Waals surface area contributed by atoms with Crippen molar-refractivity contribution in [2.24, 2.45) is 0 Å². The first-order valence-electron chi connectivity index (χ1n) is 11.8. The summed E-state index contributed by atoms with van der Waals surface area (Å²) < 4.78 is 0. The summed E-state index contributed by atoms with van der Waals surface area (Å²) in [5.74, 6) is -0.670. The van der Waals surface area contributed by atoms with Gasteiger partial charge in [0.05, 0.1) is 6.42 Å². The fraction of sp³-hybridized carbons (Fsp3) is 0.357. The summed E-state index contributed by atoms with van der Waals surface area (Å²) in [4.78, 5) is 22.8. The number of hydrogen-bond acceptors (Lipinski definition) is 3. The van der Waals surface area contributed by atoms with Gasteiger partial charge in [0.1, 0.15) is 0 Å². The van der Waals surface area contributed by atoms with Crippen LogP contribution in [0.2, 0.25) is 0 Å². The molecule has 0 spiro atoms. The van der Waals surface area contributed by atoms with Gasteiger partial charge in [-0.05, 0) is 66.1 Å². The van der Waals surface area contributed by atoms with E-state index in [1.54, 1.807) is 0 Å². The van der Waals surface area contributed by atoms with E-state index >= 15 is 0 Å². The molecule has 5 nitrogen and oxygen atoms in total. The molecule has 0 bridgehead atoms. The summed E-state index contributed by atoms with van der Waals surface area (Å²) in [5.41, 5.74) is 3.18. The zero-order valence-corrected chi connectivity index (χ0v) is 19.1. The summed E-state index contributed by atoms with van der Waals surface area (Å²) in [6.07, 6.45) is 4.53. The van der Waals surface area contributed by atoms with Crippen molar-refractivity contribution in [1.29, 1.82) is 0 Å². The molecular formula is C28H32N2O3. The lowest BCUT2D eigenvalue weighted by Gasteiger charge is -2.32. The molecule has 3 N–H and O–H groups in total. The van der Waals surface area contributed by atoms with Gasteiger partial charge < -0.3 is 15.7 Å². The van der Waals surface area contributed by atoms with Crippen LogP contribution in [0, 0.1) is 0 Å². The van der Waals surface area contributed by atoms with Crippen molar-refractivity contribution in [3.05, 3.63) is 83.4 Å². The number of carboxylic acid groups (broad SMARTS) is 1. The van der Waals surface area contributed by atoms with Crippen molar-refractivity contribution in [3.63, 3.8) is 0 Å². The lowest BCUT2D eigenvalue weighted by Crippen LogP contribution is -2.35. The Hall–Kier alpha value is -3.18. The van der Waals surface area contributed by atoms with E-state index in [-0.39, 0.29) is 24.9 Å². The summed E-state index contributed by atoms with van der Waals surface area (Å²) >= 11 is 0. The molecule has 0 aromatic heterocycles. The Morgan fingerprint density at radius 1 is 1.00 bits per heavy atom. The Labute approximate surface area is 195 Å². The van der Waals surface area contributed by atoms with E-state index in [1.165, 1.54) is 34.7 Å². The molecule has 5 heteroatoms. The molecule has 3 atom stereocenters. The van der Waals surface area contributed by atoms with Crippen molar-refractivity contribution in [2.75, 3.05) is 6.54 Å². The molecular weight excluding hydrogens is 412 g/mol. The van der Waals surface area contributed by atoms with Crippen LogP contribution in [0.25, 0.3) is 10.8 Å². The summed E-state index contributed by atoms with van der Waals surface area (Å²) in [5, 5.41) is 17.8. The van der Waals surface area contributed by atoms with Gasteiger partial charge in [0.15, 0.2) is 0 Å². The number of carbonyl (C=O) groups excluding carboxylic acids is 1. The van der Waals surface area contributed by atoms with Gasteiger partial charge in [0, 0.05) is 24.2 Å². The molecule has 1 aliphatic carbocycles. The molecule has 0 saturated heterocycles. The number of nitrogens with one attached hydrogen (secondary N) is 2. The van der Waals surface area contributed by atoms with E-state index in [9.17, 15) is 9.59 Å². The minimum atomic E-state index is -0.916. The van der Waals surface area contributed by atoms with Crippen molar-refractivity contribution in [2.45, 2.75) is 57.0 Å². The Morgan fingerprint density at radius 3 is 2.55 bits per heavy atom. The largest absolute Gasteiger partial charge is 0.481 e. The van der Waals surface area contributed by atoms with Crippen LogP contribution in [-0.4, -0.2) is 29.6 Å². The maximum absolute atomic E-state index is 12.2. The highest BCUT2D eigenvalue weighted by Crippen LogP contribution is 2.34. The number of aliphatic carboxylic acids is 1. The second-order valence-electron chi connectivity index (χ2n) is 9.04. The minimum Gasteiger partial charge on any atom is -0.481 e. The Bertz CT molecular complexity index is 1100. The van der Waals surface area contributed by atoms with Gasteiger partial charge in [-0.1, -0.05) is 61.0 Å². The van der Waals surface area contributed by atoms with Crippen LogP contribution in [0.5, 0.6) is 0 Å². The van der Waals surface area contributed by atoms with E-state index in [0.29, 0.717) is 17.5 Å². The lowest BCUT2D eigenvalue weighted by molar-refractivity contribution is -0.136. The topological polar surface area (TPSA) is 78.4 Å². The summed E-state index contributed by atoms with van der Waals surface area (Å²) in [6, 6.07) is 23.6. The Morgan fingerprint density at radius 2 is 1.76 bits per heavy atom. The van der Waals surface area contributed by atoms with Gasteiger partial charge in [0.25, 0.3) is 5.91 Å². The van der Waals surface area contributed by atoms with E-state index in [2.05, 4.69) is 60.0 Å². The highest BCUT2D eigenvalue weighted by molar-refractivity contribution is 5.94. The molecule has 172 valence electrons. The fourth-order valence-corrected chi connectivity index (χ4v) is 5.01. The second-order valence-corrected chi connectivity index (χ2v) is 9.04. The van der Waals surface area contributed by atoms with Gasteiger partial charge in [-0.15, -0.1) is 0 Å². The highest BCUT2D eigenvalue weighted by atomic mass is 16.4. The van der Waals surface area contributed by atoms with Crippen LogP contribution in [0.3, 0.4) is 0 Å². The fourth-order valence-electron chi connectivity index (χ4n) is 5.01. The molecule has 33 heavy (non-hydrogen) atoms. The van der Waals surface area contributed by atoms with E-state index in [0.717, 1.165) is 12.8 Å². The SMILES string of the molecule is C[C@@H](NC1CCCC(c2ccc(C(=O)NCCC(=O)O)cc2)C1)c1cccc2ccccc12. The standard InChI is InChI=1S/C28H32N2O3/c1-19(25-11-5-7-21-6-2-3-10-26(21)25)30-24-9-4-8-23(18-24)20-12-14-22(15-13-20)28(33)29-17-16-27(31)32/h2-3,5-7,10-15,19,23-24,30H,4,8-9,16-18H2,1H3,(H,29,33)(H,31,32)/t19-,23?,24?/m1/s1. The van der Waals surface area contributed by atoms with Crippen molar-refractivity contribution in [3.8, 4) is 0 Å². The Kier molecular flexibility index (Phi) is 7.40. The second kappa shape index (κ2) is 10.6. The van der Waals surface area contributed by atoms with E-state index in [1.807, 2.05) is 24.3 Å². The summed E-state index contributed by atoms with van der Waals surface area (Å²) in [7, 11) is 0. The summed E-state index contributed by atoms with van der Waals surface area (Å²) in [6.45, 7) is 2.39. The monoisotopic (exact) mass is 444 g/mol.